The molecule has 0 radical (unpaired) electrons. The van der Waals surface area contributed by atoms with Crippen molar-refractivity contribution in [1.82, 2.24) is 10.6 Å². The standard InChI is InChI=1S/C30H39N3O5S/c1-5-17-39(36,37)33(3)26-15-9-14-25(19-26)30(35)32-28(18-23-11-7-6-8-12-23)29(34)21-31-22(2)24-13-10-16-27(20-24)38-4/h6-16,19-20,22,28-29,31,34H,5,17-18,21H2,1-4H3,(H,32,35)/t22-,28-,29+/m0/s1. The molecule has 0 spiro atoms. The number of aliphatic hydroxyl groups is 1. The minimum Gasteiger partial charge on any atom is -0.497 e. The van der Waals surface area contributed by atoms with E-state index in [4.69, 9.17) is 4.74 Å². The van der Waals surface area contributed by atoms with Gasteiger partial charge in [-0.15, -0.1) is 0 Å². The molecule has 3 rings (SSSR count). The molecule has 3 aromatic rings. The van der Waals surface area contributed by atoms with E-state index in [1.807, 2.05) is 61.5 Å². The number of hydrogen-bond donors (Lipinski definition) is 3. The van der Waals surface area contributed by atoms with Gasteiger partial charge in [-0.05, 0) is 61.2 Å². The third-order valence-corrected chi connectivity index (χ3v) is 8.63. The summed E-state index contributed by atoms with van der Waals surface area (Å²) in [5.41, 5.74) is 2.71. The van der Waals surface area contributed by atoms with E-state index in [1.54, 1.807) is 38.3 Å². The van der Waals surface area contributed by atoms with Crippen LogP contribution in [-0.2, 0) is 16.4 Å². The van der Waals surface area contributed by atoms with Crippen molar-refractivity contribution in [3.63, 3.8) is 0 Å². The summed E-state index contributed by atoms with van der Waals surface area (Å²) in [5, 5.41) is 17.5. The van der Waals surface area contributed by atoms with Crippen molar-refractivity contribution < 1.29 is 23.1 Å². The van der Waals surface area contributed by atoms with Gasteiger partial charge in [0, 0.05) is 25.2 Å². The number of carbonyl (C=O) groups excluding carboxylic acids is 1. The summed E-state index contributed by atoms with van der Waals surface area (Å²) in [6.07, 6.45) is 0.0297. The summed E-state index contributed by atoms with van der Waals surface area (Å²) < 4.78 is 31.6. The average molecular weight is 554 g/mol. The van der Waals surface area contributed by atoms with Gasteiger partial charge in [0.2, 0.25) is 10.0 Å². The van der Waals surface area contributed by atoms with Crippen molar-refractivity contribution in [2.45, 2.75) is 44.9 Å². The summed E-state index contributed by atoms with van der Waals surface area (Å²) in [7, 11) is -0.375. The molecule has 8 nitrogen and oxygen atoms in total. The normalized spacial score (nSPS) is 13.8. The number of hydrogen-bond acceptors (Lipinski definition) is 6. The van der Waals surface area contributed by atoms with Crippen LogP contribution in [0.3, 0.4) is 0 Å². The van der Waals surface area contributed by atoms with E-state index in [0.29, 0.717) is 24.1 Å². The second-order valence-corrected chi connectivity index (χ2v) is 11.7. The molecule has 0 aliphatic heterocycles. The maximum absolute atomic E-state index is 13.3. The highest BCUT2D eigenvalue weighted by Crippen LogP contribution is 2.20. The fourth-order valence-corrected chi connectivity index (χ4v) is 5.49. The van der Waals surface area contributed by atoms with E-state index in [2.05, 4.69) is 10.6 Å². The van der Waals surface area contributed by atoms with Crippen LogP contribution in [0.15, 0.2) is 78.9 Å². The van der Waals surface area contributed by atoms with E-state index in [9.17, 15) is 18.3 Å². The van der Waals surface area contributed by atoms with Crippen LogP contribution in [0, 0.1) is 0 Å². The molecule has 3 atom stereocenters. The highest BCUT2D eigenvalue weighted by atomic mass is 32.2. The van der Waals surface area contributed by atoms with Crippen LogP contribution in [0.5, 0.6) is 5.75 Å². The first-order valence-corrected chi connectivity index (χ1v) is 14.7. The number of benzene rings is 3. The van der Waals surface area contributed by atoms with Crippen molar-refractivity contribution in [3.8, 4) is 5.75 Å². The van der Waals surface area contributed by atoms with Gasteiger partial charge in [0.1, 0.15) is 5.75 Å². The number of amides is 1. The highest BCUT2D eigenvalue weighted by Gasteiger charge is 2.24. The van der Waals surface area contributed by atoms with Gasteiger partial charge in [0.05, 0.1) is 30.7 Å². The Labute approximate surface area is 232 Å². The van der Waals surface area contributed by atoms with Crippen molar-refractivity contribution in [3.05, 3.63) is 95.6 Å². The smallest absolute Gasteiger partial charge is 0.251 e. The van der Waals surface area contributed by atoms with Gasteiger partial charge in [-0.3, -0.25) is 9.10 Å². The number of anilines is 1. The zero-order chi connectivity index (χ0) is 28.4. The Morgan fingerprint density at radius 2 is 1.74 bits per heavy atom. The molecule has 9 heteroatoms. The predicted octanol–water partition coefficient (Wildman–Crippen LogP) is 3.92. The van der Waals surface area contributed by atoms with Crippen molar-refractivity contribution in [2.24, 2.45) is 0 Å². The van der Waals surface area contributed by atoms with Crippen LogP contribution in [0.4, 0.5) is 5.69 Å². The first-order chi connectivity index (χ1) is 18.6. The van der Waals surface area contributed by atoms with Crippen LogP contribution in [-0.4, -0.2) is 58.0 Å². The minimum absolute atomic E-state index is 0.0203. The molecule has 0 aliphatic carbocycles. The molecule has 3 N–H and O–H groups in total. The second kappa shape index (κ2) is 14.1. The fraction of sp³-hybridized carbons (Fsp3) is 0.367. The molecule has 0 aromatic heterocycles. The van der Waals surface area contributed by atoms with E-state index in [-0.39, 0.29) is 24.2 Å². The molecule has 0 saturated heterocycles. The zero-order valence-electron chi connectivity index (χ0n) is 23.0. The van der Waals surface area contributed by atoms with Gasteiger partial charge in [-0.25, -0.2) is 8.42 Å². The van der Waals surface area contributed by atoms with Crippen molar-refractivity contribution >= 4 is 21.6 Å². The highest BCUT2D eigenvalue weighted by molar-refractivity contribution is 7.92. The molecule has 0 fully saturated rings. The Balaban J connectivity index is 1.75. The second-order valence-electron chi connectivity index (χ2n) is 9.58. The molecule has 0 bridgehead atoms. The number of aliphatic hydroxyl groups excluding tert-OH is 1. The van der Waals surface area contributed by atoms with E-state index in [1.165, 1.54) is 11.4 Å². The van der Waals surface area contributed by atoms with E-state index in [0.717, 1.165) is 16.9 Å². The maximum atomic E-state index is 13.3. The van der Waals surface area contributed by atoms with Gasteiger partial charge in [0.25, 0.3) is 5.91 Å². The molecule has 0 aliphatic rings. The summed E-state index contributed by atoms with van der Waals surface area (Å²) in [4.78, 5) is 13.3. The quantitative estimate of drug-likeness (QED) is 0.279. The Morgan fingerprint density at radius 3 is 2.44 bits per heavy atom. The van der Waals surface area contributed by atoms with Gasteiger partial charge in [-0.2, -0.15) is 0 Å². The molecule has 1 amide bonds. The van der Waals surface area contributed by atoms with Gasteiger partial charge >= 0.3 is 0 Å². The lowest BCUT2D eigenvalue weighted by molar-refractivity contribution is 0.0825. The molecule has 0 saturated carbocycles. The van der Waals surface area contributed by atoms with Crippen LogP contribution >= 0.6 is 0 Å². The number of rotatable bonds is 14. The van der Waals surface area contributed by atoms with Gasteiger partial charge < -0.3 is 20.5 Å². The van der Waals surface area contributed by atoms with Gasteiger partial charge in [-0.1, -0.05) is 55.5 Å². The third kappa shape index (κ3) is 8.54. The van der Waals surface area contributed by atoms with E-state index >= 15 is 0 Å². The largest absolute Gasteiger partial charge is 0.497 e. The maximum Gasteiger partial charge on any atom is 0.251 e. The number of carbonyl (C=O) groups is 1. The van der Waals surface area contributed by atoms with E-state index < -0.39 is 22.2 Å². The minimum atomic E-state index is -3.48. The first-order valence-electron chi connectivity index (χ1n) is 13.1. The lowest BCUT2D eigenvalue weighted by atomic mass is 9.99. The van der Waals surface area contributed by atoms with Crippen LogP contribution < -0.4 is 19.7 Å². The summed E-state index contributed by atoms with van der Waals surface area (Å²) >= 11 is 0. The Hall–Kier alpha value is -3.40. The Bertz CT molecular complexity index is 1320. The number of methoxy groups -OCH3 is 1. The molecule has 3 aromatic carbocycles. The molecular formula is C30H39N3O5S. The lowest BCUT2D eigenvalue weighted by Gasteiger charge is -2.27. The number of nitrogens with zero attached hydrogens (tertiary/aromatic N) is 1. The van der Waals surface area contributed by atoms with Gasteiger partial charge in [0.15, 0.2) is 0 Å². The van der Waals surface area contributed by atoms with Crippen molar-refractivity contribution in [1.29, 1.82) is 0 Å². The first kappa shape index (κ1) is 30.1. The predicted molar refractivity (Wildman–Crippen MR) is 156 cm³/mol. The number of ether oxygens (including phenoxy) is 1. The SMILES string of the molecule is CCCS(=O)(=O)N(C)c1cccc(C(=O)N[C@@H](Cc2ccccc2)[C@H](O)CN[C@@H](C)c2cccc(OC)c2)c1. The summed E-state index contributed by atoms with van der Waals surface area (Å²) in [6, 6.07) is 23.2. The summed E-state index contributed by atoms with van der Waals surface area (Å²) in [5.74, 6) is 0.386. The van der Waals surface area contributed by atoms with Crippen LogP contribution in [0.1, 0.15) is 47.8 Å². The Kier molecular flexibility index (Phi) is 10.9. The zero-order valence-corrected chi connectivity index (χ0v) is 23.8. The van der Waals surface area contributed by atoms with Crippen molar-refractivity contribution in [2.75, 3.05) is 30.8 Å². The molecular weight excluding hydrogens is 514 g/mol. The summed E-state index contributed by atoms with van der Waals surface area (Å²) in [6.45, 7) is 4.05. The molecule has 210 valence electrons. The number of nitrogens with one attached hydrogen (secondary N) is 2. The molecule has 0 unspecified atom stereocenters. The molecule has 0 heterocycles. The third-order valence-electron chi connectivity index (χ3n) is 6.66. The lowest BCUT2D eigenvalue weighted by Crippen LogP contribution is -2.49. The van der Waals surface area contributed by atoms with Crippen LogP contribution in [0.2, 0.25) is 0 Å². The monoisotopic (exact) mass is 553 g/mol. The van der Waals surface area contributed by atoms with Crippen LogP contribution in [0.25, 0.3) is 0 Å². The average Bonchev–Trinajstić information content (AvgIpc) is 2.95. The topological polar surface area (TPSA) is 108 Å². The fourth-order valence-electron chi connectivity index (χ4n) is 4.27. The number of sulfonamides is 1. The molecule has 39 heavy (non-hydrogen) atoms. The Morgan fingerprint density at radius 1 is 1.03 bits per heavy atom.